The molecule has 0 aliphatic heterocycles. The Balaban J connectivity index is 1.71. The van der Waals surface area contributed by atoms with Gasteiger partial charge in [-0.3, -0.25) is 9.97 Å². The van der Waals surface area contributed by atoms with Crippen molar-refractivity contribution in [2.24, 2.45) is 0 Å². The van der Waals surface area contributed by atoms with Gasteiger partial charge in [-0.05, 0) is 18.2 Å². The molecule has 3 rings (SSSR count). The zero-order valence-corrected chi connectivity index (χ0v) is 12.0. The fraction of sp³-hybridized carbons (Fsp3) is 0.0714. The van der Waals surface area contributed by atoms with Crippen LogP contribution in [0.1, 0.15) is 5.01 Å². The van der Waals surface area contributed by atoms with Crippen molar-refractivity contribution in [1.82, 2.24) is 15.0 Å². The number of hydrogen-bond donors (Lipinski definition) is 1. The minimum absolute atomic E-state index is 0.610. The summed E-state index contributed by atoms with van der Waals surface area (Å²) in [6.07, 6.45) is 6.86. The van der Waals surface area contributed by atoms with E-state index in [1.54, 1.807) is 36.1 Å². The highest BCUT2D eigenvalue weighted by Gasteiger charge is 2.05. The molecule has 3 aromatic rings. The quantitative estimate of drug-likeness (QED) is 0.795. The summed E-state index contributed by atoms with van der Waals surface area (Å²) in [6.45, 7) is 0.638. The number of rotatable bonds is 4. The highest BCUT2D eigenvalue weighted by molar-refractivity contribution is 7.09. The van der Waals surface area contributed by atoms with E-state index < -0.39 is 0 Å². The fourth-order valence-electron chi connectivity index (χ4n) is 1.74. The molecule has 0 amide bonds. The summed E-state index contributed by atoms with van der Waals surface area (Å²) >= 11 is 7.66. The van der Waals surface area contributed by atoms with E-state index in [9.17, 15) is 0 Å². The van der Waals surface area contributed by atoms with Crippen LogP contribution < -0.4 is 5.32 Å². The van der Waals surface area contributed by atoms with Gasteiger partial charge < -0.3 is 5.32 Å². The summed E-state index contributed by atoms with van der Waals surface area (Å²) in [5, 5.41) is 6.91. The van der Waals surface area contributed by atoms with Crippen molar-refractivity contribution in [3.05, 3.63) is 58.4 Å². The Morgan fingerprint density at radius 1 is 1.10 bits per heavy atom. The molecule has 3 heterocycles. The minimum Gasteiger partial charge on any atom is -0.377 e. The zero-order chi connectivity index (χ0) is 13.8. The van der Waals surface area contributed by atoms with Crippen molar-refractivity contribution in [3.63, 3.8) is 0 Å². The Kier molecular flexibility index (Phi) is 3.90. The van der Waals surface area contributed by atoms with E-state index in [0.29, 0.717) is 11.6 Å². The number of hydrogen-bond acceptors (Lipinski definition) is 5. The first-order valence-electron chi connectivity index (χ1n) is 6.01. The Labute approximate surface area is 125 Å². The molecule has 0 saturated carbocycles. The Hall–Kier alpha value is -1.98. The van der Waals surface area contributed by atoms with E-state index in [-0.39, 0.29) is 0 Å². The lowest BCUT2D eigenvalue weighted by molar-refractivity contribution is 1.10. The summed E-state index contributed by atoms with van der Waals surface area (Å²) in [7, 11) is 0. The number of anilines is 1. The van der Waals surface area contributed by atoms with Gasteiger partial charge in [-0.25, -0.2) is 4.98 Å². The topological polar surface area (TPSA) is 50.7 Å². The molecule has 4 nitrogen and oxygen atoms in total. The lowest BCUT2D eigenvalue weighted by Crippen LogP contribution is -1.99. The molecule has 0 fully saturated rings. The number of nitrogens with zero attached hydrogens (tertiary/aromatic N) is 3. The van der Waals surface area contributed by atoms with Crippen LogP contribution in [0.3, 0.4) is 0 Å². The van der Waals surface area contributed by atoms with Gasteiger partial charge in [0.1, 0.15) is 5.01 Å². The molecule has 3 aromatic heterocycles. The van der Waals surface area contributed by atoms with Gasteiger partial charge in [-0.15, -0.1) is 11.3 Å². The van der Waals surface area contributed by atoms with Crippen LogP contribution in [0.4, 0.5) is 5.69 Å². The third-order valence-electron chi connectivity index (χ3n) is 2.73. The van der Waals surface area contributed by atoms with Crippen LogP contribution in [0.2, 0.25) is 5.02 Å². The number of pyridine rings is 2. The average molecular weight is 303 g/mol. The maximum absolute atomic E-state index is 6.04. The van der Waals surface area contributed by atoms with E-state index in [2.05, 4.69) is 20.3 Å². The monoisotopic (exact) mass is 302 g/mol. The van der Waals surface area contributed by atoms with Crippen molar-refractivity contribution in [2.75, 3.05) is 5.32 Å². The van der Waals surface area contributed by atoms with E-state index in [0.717, 1.165) is 22.0 Å². The first kappa shape index (κ1) is 13.0. The van der Waals surface area contributed by atoms with Gasteiger partial charge in [0.25, 0.3) is 0 Å². The summed E-state index contributed by atoms with van der Waals surface area (Å²) in [5.41, 5.74) is 2.90. The molecule has 0 bridgehead atoms. The third-order valence-corrected chi connectivity index (χ3v) is 3.88. The Bertz CT molecular complexity index is 699. The summed E-state index contributed by atoms with van der Waals surface area (Å²) < 4.78 is 0. The van der Waals surface area contributed by atoms with Gasteiger partial charge in [-0.1, -0.05) is 11.6 Å². The number of halogens is 1. The molecule has 0 unspecified atom stereocenters. The molecular weight excluding hydrogens is 292 g/mol. The normalized spacial score (nSPS) is 10.4. The average Bonchev–Trinajstić information content (AvgIpc) is 2.96. The molecule has 100 valence electrons. The standard InChI is InChI=1S/C14H11ClN4S/c15-11-7-17-6-3-12(11)18-8-14-19-13(9-20-14)10-1-4-16-5-2-10/h1-7,9H,8H2,(H,17,18). The first-order chi connectivity index (χ1) is 9.83. The van der Waals surface area contributed by atoms with Crippen LogP contribution in [0.15, 0.2) is 48.4 Å². The van der Waals surface area contributed by atoms with Gasteiger partial charge in [0.05, 0.1) is 22.9 Å². The van der Waals surface area contributed by atoms with Crippen LogP contribution >= 0.6 is 22.9 Å². The molecule has 0 aliphatic rings. The van der Waals surface area contributed by atoms with Gasteiger partial charge in [0, 0.05) is 35.7 Å². The number of nitrogens with one attached hydrogen (secondary N) is 1. The van der Waals surface area contributed by atoms with Crippen molar-refractivity contribution in [2.45, 2.75) is 6.54 Å². The number of thiazole rings is 1. The zero-order valence-electron chi connectivity index (χ0n) is 10.5. The largest absolute Gasteiger partial charge is 0.377 e. The lowest BCUT2D eigenvalue weighted by Gasteiger charge is -2.05. The molecule has 1 N–H and O–H groups in total. The summed E-state index contributed by atoms with van der Waals surface area (Å²) in [6, 6.07) is 5.75. The predicted molar refractivity (Wildman–Crippen MR) is 81.9 cm³/mol. The maximum Gasteiger partial charge on any atom is 0.112 e. The van der Waals surface area contributed by atoms with Gasteiger partial charge in [0.2, 0.25) is 0 Å². The second-order valence-electron chi connectivity index (χ2n) is 4.07. The van der Waals surface area contributed by atoms with Gasteiger partial charge in [0.15, 0.2) is 0 Å². The van der Waals surface area contributed by atoms with Crippen molar-refractivity contribution >= 4 is 28.6 Å². The van der Waals surface area contributed by atoms with Crippen LogP contribution in [0.25, 0.3) is 11.3 Å². The van der Waals surface area contributed by atoms with Crippen LogP contribution in [-0.4, -0.2) is 15.0 Å². The summed E-state index contributed by atoms with van der Waals surface area (Å²) in [4.78, 5) is 12.6. The van der Waals surface area contributed by atoms with Gasteiger partial charge in [-0.2, -0.15) is 0 Å². The van der Waals surface area contributed by atoms with Crippen LogP contribution in [0.5, 0.6) is 0 Å². The molecular formula is C14H11ClN4S. The Morgan fingerprint density at radius 3 is 2.70 bits per heavy atom. The molecule has 0 radical (unpaired) electrons. The summed E-state index contributed by atoms with van der Waals surface area (Å²) in [5.74, 6) is 0. The van der Waals surface area contributed by atoms with E-state index in [4.69, 9.17) is 11.6 Å². The molecule has 0 aromatic carbocycles. The first-order valence-corrected chi connectivity index (χ1v) is 7.27. The Morgan fingerprint density at radius 2 is 1.90 bits per heavy atom. The predicted octanol–water partition coefficient (Wildman–Crippen LogP) is 3.87. The second kappa shape index (κ2) is 5.98. The molecule has 20 heavy (non-hydrogen) atoms. The fourth-order valence-corrected chi connectivity index (χ4v) is 2.67. The third kappa shape index (κ3) is 2.95. The molecule has 0 saturated heterocycles. The second-order valence-corrected chi connectivity index (χ2v) is 5.42. The number of aromatic nitrogens is 3. The highest BCUT2D eigenvalue weighted by Crippen LogP contribution is 2.23. The maximum atomic E-state index is 6.04. The van der Waals surface area contributed by atoms with Crippen LogP contribution in [0, 0.1) is 0 Å². The lowest BCUT2D eigenvalue weighted by atomic mass is 10.2. The van der Waals surface area contributed by atoms with E-state index in [1.165, 1.54) is 0 Å². The van der Waals surface area contributed by atoms with Crippen LogP contribution in [-0.2, 0) is 6.54 Å². The smallest absolute Gasteiger partial charge is 0.112 e. The molecule has 0 spiro atoms. The highest BCUT2D eigenvalue weighted by atomic mass is 35.5. The van der Waals surface area contributed by atoms with Crippen molar-refractivity contribution < 1.29 is 0 Å². The molecule has 0 atom stereocenters. The van der Waals surface area contributed by atoms with E-state index in [1.807, 2.05) is 23.6 Å². The SMILES string of the molecule is Clc1cnccc1NCc1nc(-c2ccncc2)cs1. The van der Waals surface area contributed by atoms with E-state index >= 15 is 0 Å². The minimum atomic E-state index is 0.610. The molecule has 6 heteroatoms. The molecule has 0 aliphatic carbocycles. The van der Waals surface area contributed by atoms with Crippen molar-refractivity contribution in [1.29, 1.82) is 0 Å². The van der Waals surface area contributed by atoms with Crippen molar-refractivity contribution in [3.8, 4) is 11.3 Å². The van der Waals surface area contributed by atoms with Gasteiger partial charge >= 0.3 is 0 Å².